The van der Waals surface area contributed by atoms with Crippen LogP contribution in [0.2, 0.25) is 0 Å². The van der Waals surface area contributed by atoms with Crippen LogP contribution in [-0.4, -0.2) is 21.8 Å². The summed E-state index contributed by atoms with van der Waals surface area (Å²) in [4.78, 5) is 15.3. The minimum Gasteiger partial charge on any atom is -0.477 e. The molecule has 18 heavy (non-hydrogen) atoms. The van der Waals surface area contributed by atoms with Gasteiger partial charge in [0.2, 0.25) is 0 Å². The van der Waals surface area contributed by atoms with E-state index < -0.39 is 5.97 Å². The minimum atomic E-state index is -0.979. The first-order valence-corrected chi connectivity index (χ1v) is 6.82. The lowest BCUT2D eigenvalue weighted by molar-refractivity contribution is 0.0690. The van der Waals surface area contributed by atoms with Crippen molar-refractivity contribution in [3.8, 4) is 0 Å². The molecule has 4 heteroatoms. The fourth-order valence-electron chi connectivity index (χ4n) is 1.63. The second-order valence-electron chi connectivity index (χ2n) is 4.54. The van der Waals surface area contributed by atoms with Crippen molar-refractivity contribution in [2.75, 3.05) is 5.75 Å². The van der Waals surface area contributed by atoms with Gasteiger partial charge in [-0.2, -0.15) is 0 Å². The summed E-state index contributed by atoms with van der Waals surface area (Å²) in [6, 6.07) is 9.38. The molecule has 94 valence electrons. The van der Waals surface area contributed by atoms with Crippen LogP contribution < -0.4 is 0 Å². The Morgan fingerprint density at radius 3 is 2.78 bits per heavy atom. The van der Waals surface area contributed by atoms with Gasteiger partial charge >= 0.3 is 5.97 Å². The van der Waals surface area contributed by atoms with Gasteiger partial charge in [-0.05, 0) is 17.4 Å². The third-order valence-corrected chi connectivity index (χ3v) is 3.90. The van der Waals surface area contributed by atoms with Crippen LogP contribution in [0.25, 0.3) is 10.8 Å². The number of aromatic nitrogens is 1. The second kappa shape index (κ2) is 5.40. The lowest BCUT2D eigenvalue weighted by atomic mass is 10.1. The van der Waals surface area contributed by atoms with Gasteiger partial charge in [0.1, 0.15) is 10.7 Å². The van der Waals surface area contributed by atoms with Crippen LogP contribution in [0, 0.1) is 5.92 Å². The van der Waals surface area contributed by atoms with Gasteiger partial charge in [0.05, 0.1) is 0 Å². The summed E-state index contributed by atoms with van der Waals surface area (Å²) in [7, 11) is 0. The smallest absolute Gasteiger partial charge is 0.354 e. The third kappa shape index (κ3) is 2.82. The number of carboxylic acid groups (broad SMARTS) is 1. The maximum atomic E-state index is 11.1. The number of hydrogen-bond acceptors (Lipinski definition) is 3. The highest BCUT2D eigenvalue weighted by molar-refractivity contribution is 7.99. The van der Waals surface area contributed by atoms with Crippen molar-refractivity contribution in [1.82, 2.24) is 4.98 Å². The number of pyridine rings is 1. The van der Waals surface area contributed by atoms with Crippen LogP contribution in [0.3, 0.4) is 0 Å². The Morgan fingerprint density at radius 1 is 1.39 bits per heavy atom. The molecule has 2 rings (SSSR count). The van der Waals surface area contributed by atoms with E-state index >= 15 is 0 Å². The molecule has 0 saturated heterocycles. The average molecular weight is 261 g/mol. The van der Waals surface area contributed by atoms with Gasteiger partial charge < -0.3 is 5.11 Å². The highest BCUT2D eigenvalue weighted by Crippen LogP contribution is 2.28. The molecular formula is C14H15NO2S. The number of carboxylic acids is 1. The van der Waals surface area contributed by atoms with E-state index in [0.29, 0.717) is 5.92 Å². The van der Waals surface area contributed by atoms with E-state index in [4.69, 9.17) is 5.11 Å². The molecule has 1 heterocycles. The zero-order valence-corrected chi connectivity index (χ0v) is 11.2. The molecule has 0 aliphatic rings. The molecule has 0 saturated carbocycles. The molecule has 1 aromatic heterocycles. The summed E-state index contributed by atoms with van der Waals surface area (Å²) in [5.41, 5.74) is 0.111. The molecule has 0 aliphatic carbocycles. The van der Waals surface area contributed by atoms with Crippen molar-refractivity contribution < 1.29 is 9.90 Å². The van der Waals surface area contributed by atoms with Crippen LogP contribution in [0.15, 0.2) is 35.4 Å². The molecule has 0 aliphatic heterocycles. The summed E-state index contributed by atoms with van der Waals surface area (Å²) in [5, 5.41) is 11.8. The fraction of sp³-hybridized carbons (Fsp3) is 0.286. The lowest BCUT2D eigenvalue weighted by Gasteiger charge is -2.08. The standard InChI is InChI=1S/C14H15NO2S/c1-9(2)8-18-13-11-6-4-3-5-10(11)7-12(15-13)14(16)17/h3-7,9H,8H2,1-2H3,(H,16,17). The molecule has 0 spiro atoms. The van der Waals surface area contributed by atoms with Crippen LogP contribution in [0.5, 0.6) is 0 Å². The highest BCUT2D eigenvalue weighted by Gasteiger charge is 2.11. The Bertz CT molecular complexity index is 581. The Kier molecular flexibility index (Phi) is 3.87. The van der Waals surface area contributed by atoms with Crippen molar-refractivity contribution >= 4 is 28.5 Å². The van der Waals surface area contributed by atoms with E-state index in [-0.39, 0.29) is 5.69 Å². The Hall–Kier alpha value is -1.55. The number of fused-ring (bicyclic) bond motifs is 1. The van der Waals surface area contributed by atoms with Gasteiger partial charge in [0, 0.05) is 11.1 Å². The summed E-state index contributed by atoms with van der Waals surface area (Å²) in [5.74, 6) is 0.497. The van der Waals surface area contributed by atoms with Crippen LogP contribution >= 0.6 is 11.8 Å². The Labute approximate surface area is 110 Å². The maximum absolute atomic E-state index is 11.1. The van der Waals surface area contributed by atoms with E-state index in [0.717, 1.165) is 21.6 Å². The van der Waals surface area contributed by atoms with E-state index in [9.17, 15) is 4.79 Å². The van der Waals surface area contributed by atoms with Gasteiger partial charge in [0.15, 0.2) is 0 Å². The predicted octanol–water partition coefficient (Wildman–Crippen LogP) is 3.68. The van der Waals surface area contributed by atoms with E-state index in [1.165, 1.54) is 0 Å². The van der Waals surface area contributed by atoms with Crippen molar-refractivity contribution in [3.05, 3.63) is 36.0 Å². The predicted molar refractivity (Wildman–Crippen MR) is 74.3 cm³/mol. The number of rotatable bonds is 4. The summed E-state index contributed by atoms with van der Waals surface area (Å²) >= 11 is 1.62. The molecule has 0 bridgehead atoms. The molecule has 0 unspecified atom stereocenters. The molecule has 3 nitrogen and oxygen atoms in total. The zero-order chi connectivity index (χ0) is 13.1. The van der Waals surface area contributed by atoms with Gasteiger partial charge in [0.25, 0.3) is 0 Å². The first kappa shape index (κ1) is 12.9. The monoisotopic (exact) mass is 261 g/mol. The summed E-state index contributed by atoms with van der Waals surface area (Å²) in [6.07, 6.45) is 0. The molecule has 1 N–H and O–H groups in total. The SMILES string of the molecule is CC(C)CSc1nc(C(=O)O)cc2ccccc12. The van der Waals surface area contributed by atoms with E-state index in [1.807, 2.05) is 24.3 Å². The number of aromatic carboxylic acids is 1. The van der Waals surface area contributed by atoms with Crippen molar-refractivity contribution in [1.29, 1.82) is 0 Å². The molecule has 0 atom stereocenters. The minimum absolute atomic E-state index is 0.111. The molecular weight excluding hydrogens is 246 g/mol. The van der Waals surface area contributed by atoms with Gasteiger partial charge in [-0.1, -0.05) is 38.1 Å². The third-order valence-electron chi connectivity index (χ3n) is 2.48. The fourth-order valence-corrected chi connectivity index (χ4v) is 2.63. The van der Waals surface area contributed by atoms with Gasteiger partial charge in [-0.25, -0.2) is 9.78 Å². The van der Waals surface area contributed by atoms with Crippen molar-refractivity contribution in [2.24, 2.45) is 5.92 Å². The number of carbonyl (C=O) groups is 1. The quantitative estimate of drug-likeness (QED) is 0.853. The number of benzene rings is 1. The first-order valence-electron chi connectivity index (χ1n) is 5.84. The number of thioether (sulfide) groups is 1. The van der Waals surface area contributed by atoms with Crippen LogP contribution in [-0.2, 0) is 0 Å². The van der Waals surface area contributed by atoms with Gasteiger partial charge in [-0.3, -0.25) is 0 Å². The topological polar surface area (TPSA) is 50.2 Å². The Balaban J connectivity index is 2.50. The largest absolute Gasteiger partial charge is 0.477 e. The lowest BCUT2D eigenvalue weighted by Crippen LogP contribution is -2.02. The first-order chi connectivity index (χ1) is 8.58. The molecule has 2 aromatic rings. The number of nitrogens with zero attached hydrogens (tertiary/aromatic N) is 1. The number of hydrogen-bond donors (Lipinski definition) is 1. The van der Waals surface area contributed by atoms with Crippen LogP contribution in [0.4, 0.5) is 0 Å². The van der Waals surface area contributed by atoms with Crippen molar-refractivity contribution in [2.45, 2.75) is 18.9 Å². The maximum Gasteiger partial charge on any atom is 0.354 e. The van der Waals surface area contributed by atoms with Crippen LogP contribution in [0.1, 0.15) is 24.3 Å². The highest BCUT2D eigenvalue weighted by atomic mass is 32.2. The van der Waals surface area contributed by atoms with E-state index in [2.05, 4.69) is 18.8 Å². The van der Waals surface area contributed by atoms with E-state index in [1.54, 1.807) is 17.8 Å². The summed E-state index contributed by atoms with van der Waals surface area (Å²) < 4.78 is 0. The molecule has 0 fully saturated rings. The normalized spacial score (nSPS) is 11.1. The van der Waals surface area contributed by atoms with Gasteiger partial charge in [-0.15, -0.1) is 11.8 Å². The molecule has 0 radical (unpaired) electrons. The Morgan fingerprint density at radius 2 is 2.11 bits per heavy atom. The molecule has 1 aromatic carbocycles. The molecule has 0 amide bonds. The zero-order valence-electron chi connectivity index (χ0n) is 10.4. The second-order valence-corrected chi connectivity index (χ2v) is 5.55. The average Bonchev–Trinajstić information content (AvgIpc) is 2.35. The van der Waals surface area contributed by atoms with Crippen molar-refractivity contribution in [3.63, 3.8) is 0 Å². The summed E-state index contributed by atoms with van der Waals surface area (Å²) in [6.45, 7) is 4.27.